The molecule has 1 aromatic carbocycles. The monoisotopic (exact) mass is 374 g/mol. The SMILES string of the molecule is CS(=O)(=O)NC[C@@H](c1cccnc1)N1CCN(Cc2ccccc2)CC1. The number of nitrogens with one attached hydrogen (secondary N) is 1. The molecule has 0 saturated carbocycles. The number of aromatic nitrogens is 1. The van der Waals surface area contributed by atoms with Gasteiger partial charge in [-0.2, -0.15) is 0 Å². The molecule has 7 heteroatoms. The van der Waals surface area contributed by atoms with Gasteiger partial charge < -0.3 is 0 Å². The van der Waals surface area contributed by atoms with Gasteiger partial charge in [0.05, 0.1) is 6.26 Å². The number of piperazine rings is 1. The molecule has 3 rings (SSSR count). The number of hydrogen-bond acceptors (Lipinski definition) is 5. The second-order valence-electron chi connectivity index (χ2n) is 6.72. The molecule has 6 nitrogen and oxygen atoms in total. The molecule has 0 spiro atoms. The van der Waals surface area contributed by atoms with Gasteiger partial charge >= 0.3 is 0 Å². The molecule has 1 aromatic heterocycles. The summed E-state index contributed by atoms with van der Waals surface area (Å²) >= 11 is 0. The minimum atomic E-state index is -3.22. The van der Waals surface area contributed by atoms with Crippen LogP contribution in [-0.2, 0) is 16.6 Å². The predicted octanol–water partition coefficient (Wildman–Crippen LogP) is 1.49. The van der Waals surface area contributed by atoms with Crippen molar-refractivity contribution in [2.45, 2.75) is 12.6 Å². The highest BCUT2D eigenvalue weighted by Crippen LogP contribution is 2.21. The number of pyridine rings is 1. The molecule has 2 aromatic rings. The van der Waals surface area contributed by atoms with Crippen LogP contribution in [0.15, 0.2) is 54.9 Å². The number of sulfonamides is 1. The molecule has 2 heterocycles. The molecule has 1 aliphatic rings. The molecule has 140 valence electrons. The Labute approximate surface area is 155 Å². The van der Waals surface area contributed by atoms with Gasteiger partial charge in [0, 0.05) is 57.7 Å². The summed E-state index contributed by atoms with van der Waals surface area (Å²) < 4.78 is 25.8. The summed E-state index contributed by atoms with van der Waals surface area (Å²) in [6.45, 7) is 5.04. The summed E-state index contributed by atoms with van der Waals surface area (Å²) in [6, 6.07) is 14.4. The molecule has 1 saturated heterocycles. The molecule has 1 atom stereocenters. The Morgan fingerprint density at radius 2 is 1.81 bits per heavy atom. The van der Waals surface area contributed by atoms with E-state index in [1.807, 2.05) is 24.4 Å². The molecule has 0 aliphatic carbocycles. The first-order chi connectivity index (χ1) is 12.5. The standard InChI is InChI=1S/C19H26N4O2S/c1-26(24,25)21-15-19(18-8-5-9-20-14-18)23-12-10-22(11-13-23)16-17-6-3-2-4-7-17/h2-9,14,19,21H,10-13,15-16H2,1H3/t19-/m0/s1. The molecule has 0 amide bonds. The van der Waals surface area contributed by atoms with E-state index in [4.69, 9.17) is 0 Å². The average molecular weight is 375 g/mol. The molecular weight excluding hydrogens is 348 g/mol. The largest absolute Gasteiger partial charge is 0.297 e. The lowest BCUT2D eigenvalue weighted by Crippen LogP contribution is -2.49. The Morgan fingerprint density at radius 3 is 2.42 bits per heavy atom. The van der Waals surface area contributed by atoms with Gasteiger partial charge in [-0.25, -0.2) is 13.1 Å². The molecule has 26 heavy (non-hydrogen) atoms. The van der Waals surface area contributed by atoms with Crippen LogP contribution < -0.4 is 4.72 Å². The summed E-state index contributed by atoms with van der Waals surface area (Å²) in [5.74, 6) is 0. The van der Waals surface area contributed by atoms with E-state index in [9.17, 15) is 8.42 Å². The number of nitrogens with zero attached hydrogens (tertiary/aromatic N) is 3. The first-order valence-electron chi connectivity index (χ1n) is 8.86. The Kier molecular flexibility index (Phi) is 6.37. The van der Waals surface area contributed by atoms with Crippen molar-refractivity contribution in [3.05, 3.63) is 66.0 Å². The number of rotatable bonds is 7. The van der Waals surface area contributed by atoms with Gasteiger partial charge in [0.25, 0.3) is 0 Å². The minimum Gasteiger partial charge on any atom is -0.297 e. The first kappa shape index (κ1) is 19.0. The Bertz CT molecular complexity index is 776. The average Bonchev–Trinajstić information content (AvgIpc) is 2.64. The van der Waals surface area contributed by atoms with Gasteiger partial charge in [-0.15, -0.1) is 0 Å². The van der Waals surface area contributed by atoms with Crippen molar-refractivity contribution in [3.63, 3.8) is 0 Å². The fourth-order valence-electron chi connectivity index (χ4n) is 3.34. The summed E-state index contributed by atoms with van der Waals surface area (Å²) in [4.78, 5) is 8.99. The van der Waals surface area contributed by atoms with Crippen molar-refractivity contribution in [2.24, 2.45) is 0 Å². The van der Waals surface area contributed by atoms with Gasteiger partial charge in [0.1, 0.15) is 0 Å². The summed E-state index contributed by atoms with van der Waals surface area (Å²) in [5.41, 5.74) is 2.36. The second-order valence-corrected chi connectivity index (χ2v) is 8.55. The van der Waals surface area contributed by atoms with Crippen LogP contribution in [0.3, 0.4) is 0 Å². The fourth-order valence-corrected chi connectivity index (χ4v) is 3.80. The lowest BCUT2D eigenvalue weighted by Gasteiger charge is -2.39. The Hall–Kier alpha value is -1.80. The highest BCUT2D eigenvalue weighted by atomic mass is 32.2. The molecule has 1 N–H and O–H groups in total. The van der Waals surface area contributed by atoms with Gasteiger partial charge in [0.15, 0.2) is 0 Å². The Balaban J connectivity index is 1.63. The van der Waals surface area contributed by atoms with Gasteiger partial charge in [-0.05, 0) is 17.2 Å². The normalized spacial score (nSPS) is 17.9. The van der Waals surface area contributed by atoms with Gasteiger partial charge in [-0.1, -0.05) is 36.4 Å². The van der Waals surface area contributed by atoms with Gasteiger partial charge in [-0.3, -0.25) is 14.8 Å². The molecule has 0 unspecified atom stereocenters. The van der Waals surface area contributed by atoms with Crippen LogP contribution >= 0.6 is 0 Å². The van der Waals surface area contributed by atoms with Crippen LogP contribution in [0.25, 0.3) is 0 Å². The predicted molar refractivity (Wildman–Crippen MR) is 103 cm³/mol. The molecule has 0 radical (unpaired) electrons. The molecule has 1 fully saturated rings. The third-order valence-electron chi connectivity index (χ3n) is 4.70. The van der Waals surface area contributed by atoms with Crippen LogP contribution in [0.2, 0.25) is 0 Å². The summed E-state index contributed by atoms with van der Waals surface area (Å²) in [7, 11) is -3.22. The van der Waals surface area contributed by atoms with Crippen LogP contribution in [0, 0.1) is 0 Å². The number of benzene rings is 1. The second kappa shape index (κ2) is 8.73. The van der Waals surface area contributed by atoms with E-state index in [2.05, 4.69) is 43.8 Å². The molecular formula is C19H26N4O2S. The van der Waals surface area contributed by atoms with Crippen molar-refractivity contribution >= 4 is 10.0 Å². The zero-order valence-electron chi connectivity index (χ0n) is 15.1. The summed E-state index contributed by atoms with van der Waals surface area (Å²) in [6.07, 6.45) is 4.76. The van der Waals surface area contributed by atoms with Crippen molar-refractivity contribution in [1.29, 1.82) is 0 Å². The minimum absolute atomic E-state index is 0.00250. The highest BCUT2D eigenvalue weighted by Gasteiger charge is 2.26. The lowest BCUT2D eigenvalue weighted by molar-refractivity contribution is 0.0927. The smallest absolute Gasteiger partial charge is 0.208 e. The zero-order valence-corrected chi connectivity index (χ0v) is 15.9. The number of hydrogen-bond donors (Lipinski definition) is 1. The maximum absolute atomic E-state index is 11.6. The van der Waals surface area contributed by atoms with E-state index in [1.54, 1.807) is 6.20 Å². The van der Waals surface area contributed by atoms with Crippen LogP contribution in [0.1, 0.15) is 17.2 Å². The van der Waals surface area contributed by atoms with Crippen molar-refractivity contribution < 1.29 is 8.42 Å². The first-order valence-corrected chi connectivity index (χ1v) is 10.8. The van der Waals surface area contributed by atoms with Crippen molar-refractivity contribution in [2.75, 3.05) is 39.0 Å². The highest BCUT2D eigenvalue weighted by molar-refractivity contribution is 7.88. The van der Waals surface area contributed by atoms with E-state index >= 15 is 0 Å². The summed E-state index contributed by atoms with van der Waals surface area (Å²) in [5, 5.41) is 0. The topological polar surface area (TPSA) is 65.5 Å². The van der Waals surface area contributed by atoms with Crippen LogP contribution in [0.4, 0.5) is 0 Å². The van der Waals surface area contributed by atoms with E-state index < -0.39 is 10.0 Å². The van der Waals surface area contributed by atoms with E-state index in [1.165, 1.54) is 11.8 Å². The van der Waals surface area contributed by atoms with Crippen molar-refractivity contribution in [1.82, 2.24) is 19.5 Å². The molecule has 0 bridgehead atoms. The fraction of sp³-hybridized carbons (Fsp3) is 0.421. The van der Waals surface area contributed by atoms with Crippen molar-refractivity contribution in [3.8, 4) is 0 Å². The maximum atomic E-state index is 11.6. The van der Waals surface area contributed by atoms with E-state index in [-0.39, 0.29) is 6.04 Å². The maximum Gasteiger partial charge on any atom is 0.208 e. The van der Waals surface area contributed by atoms with E-state index in [0.717, 1.165) is 38.3 Å². The molecule has 1 aliphatic heterocycles. The quantitative estimate of drug-likeness (QED) is 0.795. The van der Waals surface area contributed by atoms with Crippen LogP contribution in [0.5, 0.6) is 0 Å². The van der Waals surface area contributed by atoms with Crippen LogP contribution in [-0.4, -0.2) is 62.2 Å². The lowest BCUT2D eigenvalue weighted by atomic mass is 10.1. The third kappa shape index (κ3) is 5.60. The van der Waals surface area contributed by atoms with E-state index in [0.29, 0.717) is 6.54 Å². The van der Waals surface area contributed by atoms with Gasteiger partial charge in [0.2, 0.25) is 10.0 Å². The Morgan fingerprint density at radius 1 is 1.08 bits per heavy atom. The zero-order chi connectivity index (χ0) is 18.4. The third-order valence-corrected chi connectivity index (χ3v) is 5.40.